The summed E-state index contributed by atoms with van der Waals surface area (Å²) in [6.07, 6.45) is 0.559. The zero-order valence-electron chi connectivity index (χ0n) is 13.7. The Morgan fingerprint density at radius 1 is 1.29 bits per heavy atom. The molecule has 3 heteroatoms. The van der Waals surface area contributed by atoms with Gasteiger partial charge in [0.1, 0.15) is 0 Å². The van der Waals surface area contributed by atoms with E-state index in [0.717, 1.165) is 16.7 Å². The SMILES string of the molecule is Cc1ccc(C)c(C(=O)CN2CC(C(C)(C)C)CC2=O)c1. The summed E-state index contributed by atoms with van der Waals surface area (Å²) in [5.74, 6) is 0.476. The lowest BCUT2D eigenvalue weighted by Gasteiger charge is -2.26. The molecule has 0 aliphatic carbocycles. The number of Topliss-reactive ketones (excluding diaryl/α,β-unsaturated/α-hetero) is 1. The molecule has 1 aliphatic heterocycles. The molecule has 1 amide bonds. The largest absolute Gasteiger partial charge is 0.335 e. The molecular formula is C18H25NO2. The van der Waals surface area contributed by atoms with Crippen molar-refractivity contribution in [1.82, 2.24) is 4.90 Å². The van der Waals surface area contributed by atoms with E-state index < -0.39 is 0 Å². The van der Waals surface area contributed by atoms with Gasteiger partial charge in [0.2, 0.25) is 5.91 Å². The van der Waals surface area contributed by atoms with E-state index in [4.69, 9.17) is 0 Å². The second-order valence-corrected chi connectivity index (χ2v) is 7.28. The van der Waals surface area contributed by atoms with Gasteiger partial charge in [0, 0.05) is 18.5 Å². The van der Waals surface area contributed by atoms with Gasteiger partial charge in [0.05, 0.1) is 6.54 Å². The van der Waals surface area contributed by atoms with Gasteiger partial charge < -0.3 is 4.90 Å². The second-order valence-electron chi connectivity index (χ2n) is 7.28. The number of carbonyl (C=O) groups is 2. The van der Waals surface area contributed by atoms with Gasteiger partial charge in [-0.05, 0) is 36.8 Å². The molecule has 1 unspecified atom stereocenters. The molecule has 21 heavy (non-hydrogen) atoms. The highest BCUT2D eigenvalue weighted by atomic mass is 16.2. The predicted octanol–water partition coefficient (Wildman–Crippen LogP) is 3.38. The molecular weight excluding hydrogens is 262 g/mol. The van der Waals surface area contributed by atoms with Gasteiger partial charge in [-0.25, -0.2) is 0 Å². The van der Waals surface area contributed by atoms with Crippen molar-refractivity contribution in [3.05, 3.63) is 34.9 Å². The van der Waals surface area contributed by atoms with E-state index in [1.807, 2.05) is 32.0 Å². The number of amides is 1. The van der Waals surface area contributed by atoms with Crippen LogP contribution in [-0.4, -0.2) is 29.7 Å². The van der Waals surface area contributed by atoms with Crippen LogP contribution in [0.2, 0.25) is 0 Å². The van der Waals surface area contributed by atoms with E-state index in [-0.39, 0.29) is 23.7 Å². The Morgan fingerprint density at radius 3 is 2.52 bits per heavy atom. The first-order valence-corrected chi connectivity index (χ1v) is 7.56. The van der Waals surface area contributed by atoms with Crippen LogP contribution >= 0.6 is 0 Å². The fourth-order valence-electron chi connectivity index (χ4n) is 2.80. The van der Waals surface area contributed by atoms with E-state index in [1.54, 1.807) is 4.90 Å². The molecule has 0 N–H and O–H groups in total. The molecule has 0 spiro atoms. The van der Waals surface area contributed by atoms with E-state index in [0.29, 0.717) is 18.9 Å². The predicted molar refractivity (Wildman–Crippen MR) is 84.4 cm³/mol. The van der Waals surface area contributed by atoms with Crippen LogP contribution < -0.4 is 0 Å². The van der Waals surface area contributed by atoms with Crippen molar-refractivity contribution in [2.24, 2.45) is 11.3 Å². The molecule has 0 saturated carbocycles. The number of carbonyl (C=O) groups excluding carboxylic acids is 2. The number of likely N-dealkylation sites (tertiary alicyclic amines) is 1. The average Bonchev–Trinajstić information content (AvgIpc) is 2.74. The Morgan fingerprint density at radius 2 is 1.95 bits per heavy atom. The van der Waals surface area contributed by atoms with E-state index in [9.17, 15) is 9.59 Å². The first-order valence-electron chi connectivity index (χ1n) is 7.56. The van der Waals surface area contributed by atoms with Gasteiger partial charge in [-0.1, -0.05) is 38.5 Å². The Kier molecular flexibility index (Phi) is 4.22. The van der Waals surface area contributed by atoms with Gasteiger partial charge in [-0.3, -0.25) is 9.59 Å². The van der Waals surface area contributed by atoms with Crippen molar-refractivity contribution in [1.29, 1.82) is 0 Å². The van der Waals surface area contributed by atoms with Crippen molar-refractivity contribution in [2.45, 2.75) is 41.0 Å². The number of hydrogen-bond acceptors (Lipinski definition) is 2. The molecule has 2 rings (SSSR count). The fourth-order valence-corrected chi connectivity index (χ4v) is 2.80. The Labute approximate surface area is 127 Å². The smallest absolute Gasteiger partial charge is 0.223 e. The number of nitrogens with zero attached hydrogens (tertiary/aromatic N) is 1. The van der Waals surface area contributed by atoms with Crippen LogP contribution in [-0.2, 0) is 4.79 Å². The topological polar surface area (TPSA) is 37.4 Å². The van der Waals surface area contributed by atoms with Crippen LogP contribution in [0.3, 0.4) is 0 Å². The van der Waals surface area contributed by atoms with Crippen LogP contribution in [0.25, 0.3) is 0 Å². The van der Waals surface area contributed by atoms with Crippen LogP contribution in [0.5, 0.6) is 0 Å². The van der Waals surface area contributed by atoms with Crippen molar-refractivity contribution in [3.8, 4) is 0 Å². The minimum atomic E-state index is 0.0408. The zero-order chi connectivity index (χ0) is 15.8. The highest BCUT2D eigenvalue weighted by molar-refractivity contribution is 6.00. The highest BCUT2D eigenvalue weighted by Gasteiger charge is 2.37. The van der Waals surface area contributed by atoms with Gasteiger partial charge in [-0.15, -0.1) is 0 Å². The summed E-state index contributed by atoms with van der Waals surface area (Å²) >= 11 is 0. The monoisotopic (exact) mass is 287 g/mol. The molecule has 1 fully saturated rings. The molecule has 114 valence electrons. The number of ketones is 1. The zero-order valence-corrected chi connectivity index (χ0v) is 13.7. The standard InChI is InChI=1S/C18H25NO2/c1-12-6-7-13(2)15(8-12)16(20)11-19-10-14(9-17(19)21)18(3,4)5/h6-8,14H,9-11H2,1-5H3. The molecule has 1 aromatic rings. The molecule has 0 radical (unpaired) electrons. The normalized spacial score (nSPS) is 19.2. The lowest BCUT2D eigenvalue weighted by Crippen LogP contribution is -2.32. The number of rotatable bonds is 3. The Balaban J connectivity index is 2.10. The maximum Gasteiger partial charge on any atom is 0.223 e. The van der Waals surface area contributed by atoms with Crippen molar-refractivity contribution >= 4 is 11.7 Å². The summed E-state index contributed by atoms with van der Waals surface area (Å²) in [6.45, 7) is 11.3. The van der Waals surface area contributed by atoms with Gasteiger partial charge in [0.15, 0.2) is 5.78 Å². The summed E-state index contributed by atoms with van der Waals surface area (Å²) < 4.78 is 0. The molecule has 1 aromatic carbocycles. The first-order chi connectivity index (χ1) is 9.68. The summed E-state index contributed by atoms with van der Waals surface area (Å²) in [5.41, 5.74) is 2.89. The van der Waals surface area contributed by atoms with E-state index >= 15 is 0 Å². The second kappa shape index (κ2) is 5.63. The number of benzene rings is 1. The maximum atomic E-state index is 12.5. The van der Waals surface area contributed by atoms with Crippen molar-refractivity contribution in [2.75, 3.05) is 13.1 Å². The molecule has 1 heterocycles. The lowest BCUT2D eigenvalue weighted by atomic mass is 9.80. The summed E-state index contributed by atoms with van der Waals surface area (Å²) in [5, 5.41) is 0. The Hall–Kier alpha value is -1.64. The molecule has 1 atom stereocenters. The van der Waals surface area contributed by atoms with Crippen LogP contribution in [0.15, 0.2) is 18.2 Å². The summed E-state index contributed by atoms with van der Waals surface area (Å²) in [6, 6.07) is 5.88. The van der Waals surface area contributed by atoms with E-state index in [2.05, 4.69) is 20.8 Å². The van der Waals surface area contributed by atoms with E-state index in [1.165, 1.54) is 0 Å². The minimum absolute atomic E-state index is 0.0408. The maximum absolute atomic E-state index is 12.5. The van der Waals surface area contributed by atoms with Crippen LogP contribution in [0.4, 0.5) is 0 Å². The summed E-state index contributed by atoms with van der Waals surface area (Å²) in [7, 11) is 0. The number of aryl methyl sites for hydroxylation is 2. The van der Waals surface area contributed by atoms with Crippen LogP contribution in [0, 0.1) is 25.2 Å². The Bertz CT molecular complexity index is 569. The molecule has 0 bridgehead atoms. The molecule has 3 nitrogen and oxygen atoms in total. The van der Waals surface area contributed by atoms with Gasteiger partial charge in [-0.2, -0.15) is 0 Å². The fraction of sp³-hybridized carbons (Fsp3) is 0.556. The number of hydrogen-bond donors (Lipinski definition) is 0. The minimum Gasteiger partial charge on any atom is -0.335 e. The quantitative estimate of drug-likeness (QED) is 0.799. The van der Waals surface area contributed by atoms with Gasteiger partial charge in [0.25, 0.3) is 0 Å². The first kappa shape index (κ1) is 15.7. The lowest BCUT2D eigenvalue weighted by molar-refractivity contribution is -0.127. The van der Waals surface area contributed by atoms with Crippen molar-refractivity contribution in [3.63, 3.8) is 0 Å². The third-order valence-electron chi connectivity index (χ3n) is 4.47. The third-order valence-corrected chi connectivity index (χ3v) is 4.47. The van der Waals surface area contributed by atoms with Gasteiger partial charge >= 0.3 is 0 Å². The summed E-state index contributed by atoms with van der Waals surface area (Å²) in [4.78, 5) is 26.3. The highest BCUT2D eigenvalue weighted by Crippen LogP contribution is 2.34. The van der Waals surface area contributed by atoms with Crippen molar-refractivity contribution < 1.29 is 9.59 Å². The third kappa shape index (κ3) is 3.52. The van der Waals surface area contributed by atoms with Crippen LogP contribution in [0.1, 0.15) is 48.7 Å². The molecule has 1 saturated heterocycles. The molecule has 1 aliphatic rings. The average molecular weight is 287 g/mol. The molecule has 0 aromatic heterocycles.